The van der Waals surface area contributed by atoms with Crippen molar-refractivity contribution in [3.63, 3.8) is 0 Å². The number of carbonyl (C=O) groups excluding carboxylic acids is 2. The lowest BCUT2D eigenvalue weighted by atomic mass is 10.1. The molecule has 1 fully saturated rings. The highest BCUT2D eigenvalue weighted by molar-refractivity contribution is 5.96. The fraction of sp³-hybridized carbons (Fsp3) is 0.261. The van der Waals surface area contributed by atoms with Gasteiger partial charge in [0.1, 0.15) is 5.75 Å². The minimum absolute atomic E-state index is 0.128. The van der Waals surface area contributed by atoms with E-state index in [4.69, 9.17) is 14.9 Å². The minimum atomic E-state index is -0.489. The van der Waals surface area contributed by atoms with Crippen LogP contribution in [0.25, 0.3) is 11.3 Å². The van der Waals surface area contributed by atoms with Gasteiger partial charge in [0, 0.05) is 34.5 Å². The molecular formula is C23H24N4O4. The van der Waals surface area contributed by atoms with Crippen molar-refractivity contribution < 1.29 is 18.7 Å². The minimum Gasteiger partial charge on any atom is -0.497 e. The van der Waals surface area contributed by atoms with Gasteiger partial charge in [0.05, 0.1) is 13.3 Å². The highest BCUT2D eigenvalue weighted by Gasteiger charge is 2.19. The number of oxazole rings is 1. The first-order valence-corrected chi connectivity index (χ1v) is 10.1. The molecule has 0 saturated heterocycles. The predicted octanol–water partition coefficient (Wildman–Crippen LogP) is 3.87. The summed E-state index contributed by atoms with van der Waals surface area (Å²) >= 11 is 0. The third-order valence-corrected chi connectivity index (χ3v) is 5.31. The second-order valence-corrected chi connectivity index (χ2v) is 7.50. The van der Waals surface area contributed by atoms with Gasteiger partial charge in [-0.15, -0.1) is 0 Å². The third kappa shape index (κ3) is 4.85. The van der Waals surface area contributed by atoms with Crippen LogP contribution < -0.4 is 21.1 Å². The van der Waals surface area contributed by atoms with E-state index in [1.165, 1.54) is 0 Å². The first-order valence-electron chi connectivity index (χ1n) is 10.1. The van der Waals surface area contributed by atoms with Crippen LogP contribution in [0, 0.1) is 0 Å². The quantitative estimate of drug-likeness (QED) is 0.534. The Balaban J connectivity index is 1.51. The normalized spacial score (nSPS) is 13.7. The number of amides is 2. The maximum atomic E-state index is 12.7. The number of nitrogens with one attached hydrogen (secondary N) is 2. The maximum Gasteiger partial charge on any atom is 0.299 e. The fourth-order valence-electron chi connectivity index (χ4n) is 3.65. The molecule has 0 aliphatic heterocycles. The van der Waals surface area contributed by atoms with Crippen LogP contribution in [0.2, 0.25) is 0 Å². The second-order valence-electron chi connectivity index (χ2n) is 7.50. The van der Waals surface area contributed by atoms with Crippen LogP contribution in [0.3, 0.4) is 0 Å². The summed E-state index contributed by atoms with van der Waals surface area (Å²) < 4.78 is 11.1. The Bertz CT molecular complexity index is 1090. The van der Waals surface area contributed by atoms with Crippen LogP contribution in [0.1, 0.15) is 46.4 Å². The molecule has 3 aromatic rings. The van der Waals surface area contributed by atoms with Gasteiger partial charge < -0.3 is 25.5 Å². The number of aromatic nitrogens is 1. The van der Waals surface area contributed by atoms with Crippen molar-refractivity contribution in [1.82, 2.24) is 10.3 Å². The van der Waals surface area contributed by atoms with Crippen molar-refractivity contribution in [1.29, 1.82) is 0 Å². The predicted molar refractivity (Wildman–Crippen MR) is 116 cm³/mol. The van der Waals surface area contributed by atoms with E-state index in [0.29, 0.717) is 28.3 Å². The Morgan fingerprint density at radius 3 is 2.52 bits per heavy atom. The average molecular weight is 420 g/mol. The molecule has 1 heterocycles. The molecule has 1 saturated carbocycles. The molecule has 160 valence electrons. The molecule has 8 nitrogen and oxygen atoms in total. The van der Waals surface area contributed by atoms with E-state index >= 15 is 0 Å². The highest BCUT2D eigenvalue weighted by Crippen LogP contribution is 2.28. The summed E-state index contributed by atoms with van der Waals surface area (Å²) in [5.74, 6) is 0.463. The largest absolute Gasteiger partial charge is 0.497 e. The summed E-state index contributed by atoms with van der Waals surface area (Å²) in [6.45, 7) is 0. The van der Waals surface area contributed by atoms with Crippen molar-refractivity contribution in [2.24, 2.45) is 5.73 Å². The van der Waals surface area contributed by atoms with Crippen LogP contribution in [0.15, 0.2) is 53.1 Å². The Hall–Kier alpha value is -3.81. The van der Waals surface area contributed by atoms with Gasteiger partial charge in [-0.3, -0.25) is 9.59 Å². The molecule has 1 aliphatic rings. The lowest BCUT2D eigenvalue weighted by Gasteiger charge is -2.13. The summed E-state index contributed by atoms with van der Waals surface area (Å²) in [5, 5.41) is 6.16. The van der Waals surface area contributed by atoms with Gasteiger partial charge in [0.25, 0.3) is 11.9 Å². The number of nitrogens with zero attached hydrogens (tertiary/aromatic N) is 1. The van der Waals surface area contributed by atoms with E-state index in [9.17, 15) is 9.59 Å². The number of benzene rings is 2. The number of primary amides is 1. The SMILES string of the molecule is COc1cc(Nc2ncc(-c3ccc(C(N)=O)cc3)o2)cc(C(=O)NC2CCCC2)c1. The second kappa shape index (κ2) is 8.91. The fourth-order valence-corrected chi connectivity index (χ4v) is 3.65. The monoisotopic (exact) mass is 420 g/mol. The van der Waals surface area contributed by atoms with Crippen molar-refractivity contribution in [3.8, 4) is 17.1 Å². The lowest BCUT2D eigenvalue weighted by molar-refractivity contribution is 0.0936. The van der Waals surface area contributed by atoms with Crippen LogP contribution in [-0.4, -0.2) is 29.9 Å². The molecule has 1 aromatic heterocycles. The molecular weight excluding hydrogens is 396 g/mol. The summed E-state index contributed by atoms with van der Waals surface area (Å²) in [7, 11) is 1.55. The number of anilines is 2. The van der Waals surface area contributed by atoms with Gasteiger partial charge in [0.2, 0.25) is 5.91 Å². The van der Waals surface area contributed by atoms with E-state index in [1.54, 1.807) is 55.8 Å². The molecule has 0 radical (unpaired) electrons. The number of ether oxygens (including phenoxy) is 1. The number of methoxy groups -OCH3 is 1. The Labute approximate surface area is 179 Å². The molecule has 31 heavy (non-hydrogen) atoms. The summed E-state index contributed by atoms with van der Waals surface area (Å²) in [6, 6.07) is 12.4. The molecule has 1 aliphatic carbocycles. The van der Waals surface area contributed by atoms with E-state index in [-0.39, 0.29) is 18.0 Å². The third-order valence-electron chi connectivity index (χ3n) is 5.31. The first-order chi connectivity index (χ1) is 15.0. The van der Waals surface area contributed by atoms with Gasteiger partial charge in [-0.05, 0) is 37.1 Å². The number of hydrogen-bond acceptors (Lipinski definition) is 6. The van der Waals surface area contributed by atoms with Gasteiger partial charge in [-0.2, -0.15) is 0 Å². The molecule has 8 heteroatoms. The summed E-state index contributed by atoms with van der Waals surface area (Å²) in [5.41, 5.74) is 7.57. The van der Waals surface area contributed by atoms with E-state index < -0.39 is 5.91 Å². The zero-order valence-electron chi connectivity index (χ0n) is 17.2. The van der Waals surface area contributed by atoms with E-state index in [2.05, 4.69) is 15.6 Å². The average Bonchev–Trinajstić information content (AvgIpc) is 3.46. The van der Waals surface area contributed by atoms with Crippen LogP contribution in [0.5, 0.6) is 5.75 Å². The topological polar surface area (TPSA) is 119 Å². The summed E-state index contributed by atoms with van der Waals surface area (Å²) in [4.78, 5) is 28.1. The van der Waals surface area contributed by atoms with Gasteiger partial charge in [-0.1, -0.05) is 25.0 Å². The number of hydrogen-bond donors (Lipinski definition) is 3. The number of rotatable bonds is 7. The van der Waals surface area contributed by atoms with Crippen molar-refractivity contribution in [3.05, 3.63) is 59.8 Å². The highest BCUT2D eigenvalue weighted by atomic mass is 16.5. The molecule has 0 bridgehead atoms. The Morgan fingerprint density at radius 2 is 1.84 bits per heavy atom. The molecule has 2 amide bonds. The van der Waals surface area contributed by atoms with Crippen LogP contribution >= 0.6 is 0 Å². The van der Waals surface area contributed by atoms with Crippen molar-refractivity contribution >= 4 is 23.5 Å². The number of carbonyl (C=O) groups is 2. The van der Waals surface area contributed by atoms with E-state index in [0.717, 1.165) is 31.2 Å². The molecule has 0 unspecified atom stereocenters. The Kier molecular flexibility index (Phi) is 5.88. The standard InChI is InChI=1S/C23H24N4O4/c1-30-19-11-16(22(29)26-17-4-2-3-5-17)10-18(12-19)27-23-25-13-20(31-23)14-6-8-15(9-7-14)21(24)28/h6-13,17H,2-5H2,1H3,(H2,24,28)(H,25,27)(H,26,29). The smallest absolute Gasteiger partial charge is 0.299 e. The lowest BCUT2D eigenvalue weighted by Crippen LogP contribution is -2.32. The maximum absolute atomic E-state index is 12.7. The zero-order chi connectivity index (χ0) is 21.8. The molecule has 4 N–H and O–H groups in total. The zero-order valence-corrected chi connectivity index (χ0v) is 17.2. The van der Waals surface area contributed by atoms with Crippen LogP contribution in [-0.2, 0) is 0 Å². The Morgan fingerprint density at radius 1 is 1.10 bits per heavy atom. The van der Waals surface area contributed by atoms with Crippen molar-refractivity contribution in [2.75, 3.05) is 12.4 Å². The molecule has 0 atom stereocenters. The summed E-state index contributed by atoms with van der Waals surface area (Å²) in [6.07, 6.45) is 5.90. The van der Waals surface area contributed by atoms with Crippen LogP contribution in [0.4, 0.5) is 11.7 Å². The molecule has 2 aromatic carbocycles. The number of nitrogens with two attached hydrogens (primary N) is 1. The molecule has 0 spiro atoms. The first kappa shape index (κ1) is 20.5. The van der Waals surface area contributed by atoms with Crippen molar-refractivity contribution in [2.45, 2.75) is 31.7 Å². The van der Waals surface area contributed by atoms with Gasteiger partial charge in [0.15, 0.2) is 5.76 Å². The molecule has 4 rings (SSSR count). The van der Waals surface area contributed by atoms with Gasteiger partial charge in [-0.25, -0.2) is 4.98 Å². The van der Waals surface area contributed by atoms with E-state index in [1.807, 2.05) is 0 Å². The van der Waals surface area contributed by atoms with Gasteiger partial charge >= 0.3 is 0 Å².